The number of ether oxygens (including phenoxy) is 1. The molecular formula is C12H12ClNO4. The van der Waals surface area contributed by atoms with Gasteiger partial charge in [0.05, 0.1) is 23.7 Å². The minimum Gasteiger partial charge on any atom is -0.506 e. The number of nitrogens with zero attached hydrogens (tertiary/aromatic N) is 1. The second-order valence-electron chi connectivity index (χ2n) is 4.00. The van der Waals surface area contributed by atoms with Gasteiger partial charge in [0.25, 0.3) is 0 Å². The molecule has 1 heterocycles. The molecule has 1 N–H and O–H groups in total. The molecule has 5 nitrogen and oxygen atoms in total. The van der Waals surface area contributed by atoms with Crippen LogP contribution in [0.1, 0.15) is 16.8 Å². The Bertz CT molecular complexity index is 503. The van der Waals surface area contributed by atoms with Crippen molar-refractivity contribution < 1.29 is 19.4 Å². The molecule has 6 heteroatoms. The zero-order valence-corrected chi connectivity index (χ0v) is 10.5. The molecule has 1 atom stereocenters. The van der Waals surface area contributed by atoms with Crippen LogP contribution in [0.15, 0.2) is 18.2 Å². The van der Waals surface area contributed by atoms with Gasteiger partial charge in [-0.25, -0.2) is 4.79 Å². The Morgan fingerprint density at radius 1 is 1.56 bits per heavy atom. The number of anilines is 1. The molecule has 2 rings (SSSR count). The number of alkyl halides is 1. The Morgan fingerprint density at radius 3 is 2.83 bits per heavy atom. The van der Waals surface area contributed by atoms with Gasteiger partial charge >= 0.3 is 5.97 Å². The second-order valence-corrected chi connectivity index (χ2v) is 4.62. The van der Waals surface area contributed by atoms with Gasteiger partial charge in [0.2, 0.25) is 5.91 Å². The number of methoxy groups -OCH3 is 1. The highest BCUT2D eigenvalue weighted by atomic mass is 35.5. The number of aromatic hydroxyl groups is 1. The highest BCUT2D eigenvalue weighted by Crippen LogP contribution is 2.32. The summed E-state index contributed by atoms with van der Waals surface area (Å²) in [5, 5.41) is 9.49. The van der Waals surface area contributed by atoms with Crippen molar-refractivity contribution in [2.45, 2.75) is 11.8 Å². The maximum atomic E-state index is 11.7. The van der Waals surface area contributed by atoms with Crippen LogP contribution in [0.5, 0.6) is 5.75 Å². The van der Waals surface area contributed by atoms with Crippen molar-refractivity contribution >= 4 is 29.2 Å². The van der Waals surface area contributed by atoms with Crippen LogP contribution >= 0.6 is 11.6 Å². The number of halogens is 1. The molecular weight excluding hydrogens is 258 g/mol. The molecule has 0 saturated carbocycles. The number of phenolic OH excluding ortho intramolecular Hbond substituents is 1. The third kappa shape index (κ3) is 2.26. The van der Waals surface area contributed by atoms with Gasteiger partial charge in [-0.15, -0.1) is 11.6 Å². The van der Waals surface area contributed by atoms with Crippen LogP contribution in [0.3, 0.4) is 0 Å². The number of hydrogen-bond donors (Lipinski definition) is 1. The van der Waals surface area contributed by atoms with E-state index in [2.05, 4.69) is 4.74 Å². The van der Waals surface area contributed by atoms with Gasteiger partial charge in [-0.3, -0.25) is 4.79 Å². The van der Waals surface area contributed by atoms with E-state index in [1.54, 1.807) is 0 Å². The van der Waals surface area contributed by atoms with E-state index < -0.39 is 5.97 Å². The molecule has 0 bridgehead atoms. The summed E-state index contributed by atoms with van der Waals surface area (Å²) in [4.78, 5) is 24.5. The number of benzene rings is 1. The minimum atomic E-state index is -0.523. The van der Waals surface area contributed by atoms with E-state index in [1.807, 2.05) is 0 Å². The van der Waals surface area contributed by atoms with Crippen LogP contribution in [-0.4, -0.2) is 36.0 Å². The lowest BCUT2D eigenvalue weighted by molar-refractivity contribution is -0.117. The van der Waals surface area contributed by atoms with Gasteiger partial charge in [0.1, 0.15) is 5.75 Å². The molecule has 1 aliphatic rings. The van der Waals surface area contributed by atoms with E-state index in [0.717, 1.165) is 0 Å². The van der Waals surface area contributed by atoms with Crippen LogP contribution in [0.2, 0.25) is 0 Å². The number of rotatable bonds is 2. The van der Waals surface area contributed by atoms with Crippen molar-refractivity contribution in [3.05, 3.63) is 23.8 Å². The monoisotopic (exact) mass is 269 g/mol. The van der Waals surface area contributed by atoms with E-state index in [-0.39, 0.29) is 34.7 Å². The molecule has 1 aromatic rings. The van der Waals surface area contributed by atoms with Crippen LogP contribution in [-0.2, 0) is 9.53 Å². The van der Waals surface area contributed by atoms with Crippen molar-refractivity contribution in [1.29, 1.82) is 0 Å². The van der Waals surface area contributed by atoms with Gasteiger partial charge in [-0.05, 0) is 18.2 Å². The van der Waals surface area contributed by atoms with Crippen LogP contribution in [0.25, 0.3) is 0 Å². The van der Waals surface area contributed by atoms with E-state index in [0.29, 0.717) is 6.54 Å². The number of carbonyl (C=O) groups excluding carboxylic acids is 2. The molecule has 18 heavy (non-hydrogen) atoms. The summed E-state index contributed by atoms with van der Waals surface area (Å²) < 4.78 is 4.59. The fourth-order valence-corrected chi connectivity index (χ4v) is 2.15. The molecule has 0 aliphatic carbocycles. The van der Waals surface area contributed by atoms with Crippen LogP contribution in [0, 0.1) is 0 Å². The van der Waals surface area contributed by atoms with Gasteiger partial charge in [-0.1, -0.05) is 0 Å². The lowest BCUT2D eigenvalue weighted by Gasteiger charge is -2.17. The largest absolute Gasteiger partial charge is 0.506 e. The average molecular weight is 270 g/mol. The molecule has 0 aromatic heterocycles. The molecule has 1 fully saturated rings. The molecule has 1 aromatic carbocycles. The van der Waals surface area contributed by atoms with Gasteiger partial charge in [0, 0.05) is 13.0 Å². The SMILES string of the molecule is COC(=O)c1ccc(O)c(N2CC(Cl)CC2=O)c1. The average Bonchev–Trinajstić information content (AvgIpc) is 2.68. The van der Waals surface area contributed by atoms with Gasteiger partial charge in [-0.2, -0.15) is 0 Å². The van der Waals surface area contributed by atoms with Crippen molar-refractivity contribution in [2.75, 3.05) is 18.6 Å². The van der Waals surface area contributed by atoms with Crippen molar-refractivity contribution in [1.82, 2.24) is 0 Å². The summed E-state index contributed by atoms with van der Waals surface area (Å²) in [6, 6.07) is 4.22. The third-order valence-electron chi connectivity index (χ3n) is 2.77. The molecule has 96 valence electrons. The molecule has 0 radical (unpaired) electrons. The maximum Gasteiger partial charge on any atom is 0.337 e. The maximum absolute atomic E-state index is 11.7. The molecule has 1 amide bonds. The highest BCUT2D eigenvalue weighted by Gasteiger charge is 2.31. The van der Waals surface area contributed by atoms with Crippen molar-refractivity contribution in [3.8, 4) is 5.75 Å². The Labute approximate surface area is 109 Å². The van der Waals surface area contributed by atoms with Crippen molar-refractivity contribution in [3.63, 3.8) is 0 Å². The Kier molecular flexibility index (Phi) is 3.43. The summed E-state index contributed by atoms with van der Waals surface area (Å²) in [7, 11) is 1.27. The number of hydrogen-bond acceptors (Lipinski definition) is 4. The molecule has 0 spiro atoms. The summed E-state index contributed by atoms with van der Waals surface area (Å²) in [6.07, 6.45) is 0.226. The normalized spacial score (nSPS) is 19.1. The zero-order valence-electron chi connectivity index (χ0n) is 9.72. The number of esters is 1. The fraction of sp³-hybridized carbons (Fsp3) is 0.333. The Hall–Kier alpha value is -1.75. The Morgan fingerprint density at radius 2 is 2.28 bits per heavy atom. The van der Waals surface area contributed by atoms with E-state index in [9.17, 15) is 14.7 Å². The summed E-state index contributed by atoms with van der Waals surface area (Å²) in [5.74, 6) is -0.764. The zero-order chi connectivity index (χ0) is 13.3. The first-order chi connectivity index (χ1) is 8.52. The molecule has 1 unspecified atom stereocenters. The lowest BCUT2D eigenvalue weighted by Crippen LogP contribution is -2.25. The minimum absolute atomic E-state index is 0.0678. The first-order valence-electron chi connectivity index (χ1n) is 5.38. The topological polar surface area (TPSA) is 66.8 Å². The van der Waals surface area contributed by atoms with E-state index in [1.165, 1.54) is 30.2 Å². The highest BCUT2D eigenvalue weighted by molar-refractivity contribution is 6.24. The fourth-order valence-electron chi connectivity index (χ4n) is 1.88. The predicted octanol–water partition coefficient (Wildman–Crippen LogP) is 1.52. The predicted molar refractivity (Wildman–Crippen MR) is 66.1 cm³/mol. The van der Waals surface area contributed by atoms with Gasteiger partial charge in [0.15, 0.2) is 0 Å². The van der Waals surface area contributed by atoms with Crippen LogP contribution < -0.4 is 4.90 Å². The van der Waals surface area contributed by atoms with Crippen molar-refractivity contribution in [2.24, 2.45) is 0 Å². The summed E-state index contributed by atoms with van der Waals surface area (Å²) in [5.41, 5.74) is 0.558. The van der Waals surface area contributed by atoms with Crippen LogP contribution in [0.4, 0.5) is 5.69 Å². The second kappa shape index (κ2) is 4.86. The first-order valence-corrected chi connectivity index (χ1v) is 5.82. The lowest BCUT2D eigenvalue weighted by atomic mass is 10.1. The number of amides is 1. The standard InChI is InChI=1S/C12H12ClNO4/c1-18-12(17)7-2-3-10(15)9(4-7)14-6-8(13)5-11(14)16/h2-4,8,15H,5-6H2,1H3. The number of phenols is 1. The summed E-state index contributed by atoms with van der Waals surface area (Å²) in [6.45, 7) is 0.318. The summed E-state index contributed by atoms with van der Waals surface area (Å²) >= 11 is 5.90. The smallest absolute Gasteiger partial charge is 0.337 e. The third-order valence-corrected chi connectivity index (χ3v) is 3.06. The van der Waals surface area contributed by atoms with E-state index in [4.69, 9.17) is 11.6 Å². The number of carbonyl (C=O) groups is 2. The first kappa shape index (κ1) is 12.7. The van der Waals surface area contributed by atoms with Gasteiger partial charge < -0.3 is 14.7 Å². The Balaban J connectivity index is 2.38. The molecule has 1 aliphatic heterocycles. The van der Waals surface area contributed by atoms with E-state index >= 15 is 0 Å². The molecule has 1 saturated heterocycles. The quantitative estimate of drug-likeness (QED) is 0.653.